The molecule has 0 saturated carbocycles. The molecule has 0 amide bonds. The number of ether oxygens (including phenoxy) is 1. The first-order valence-corrected chi connectivity index (χ1v) is 15.4. The van der Waals surface area contributed by atoms with Gasteiger partial charge < -0.3 is 19.6 Å². The fourth-order valence-electron chi connectivity index (χ4n) is 6.65. The van der Waals surface area contributed by atoms with Gasteiger partial charge in [0.25, 0.3) is 0 Å². The highest BCUT2D eigenvalue weighted by atomic mass is 35.5. The number of fused-ring (bicyclic) bond motifs is 1. The number of nitrogens with zero attached hydrogens (tertiary/aromatic N) is 6. The van der Waals surface area contributed by atoms with Crippen molar-refractivity contribution in [3.05, 3.63) is 58.3 Å². The SMILES string of the molecule is CN1CCC2CN(c3ncc(Oc4cc(CN5CCC(CC(=O)O)CC5)cc(-c5cc(Cl)cc(Cl)c5)n4)cn3)CCC21. The van der Waals surface area contributed by atoms with Gasteiger partial charge in [0.1, 0.15) is 0 Å². The van der Waals surface area contributed by atoms with Crippen LogP contribution in [0.4, 0.5) is 5.95 Å². The number of aromatic nitrogens is 3. The predicted molar refractivity (Wildman–Crippen MR) is 163 cm³/mol. The second-order valence-electron chi connectivity index (χ2n) is 11.8. The zero-order valence-corrected chi connectivity index (χ0v) is 25.3. The second kappa shape index (κ2) is 12.7. The minimum Gasteiger partial charge on any atom is -0.481 e. The van der Waals surface area contributed by atoms with Gasteiger partial charge in [-0.1, -0.05) is 23.2 Å². The summed E-state index contributed by atoms with van der Waals surface area (Å²) in [6.07, 6.45) is 7.76. The summed E-state index contributed by atoms with van der Waals surface area (Å²) in [7, 11) is 2.22. The zero-order chi connectivity index (χ0) is 29.2. The van der Waals surface area contributed by atoms with Gasteiger partial charge in [0.2, 0.25) is 11.8 Å². The molecular weight excluding hydrogens is 575 g/mol. The maximum Gasteiger partial charge on any atom is 0.303 e. The first kappa shape index (κ1) is 29.1. The van der Waals surface area contributed by atoms with Crippen LogP contribution in [0.2, 0.25) is 10.0 Å². The van der Waals surface area contributed by atoms with Gasteiger partial charge in [-0.25, -0.2) is 15.0 Å². The van der Waals surface area contributed by atoms with Crippen LogP contribution in [-0.4, -0.2) is 81.6 Å². The lowest BCUT2D eigenvalue weighted by molar-refractivity contribution is -0.138. The molecule has 5 heterocycles. The summed E-state index contributed by atoms with van der Waals surface area (Å²) in [6, 6.07) is 10.0. The van der Waals surface area contributed by atoms with Crippen LogP contribution in [0.25, 0.3) is 11.3 Å². The lowest BCUT2D eigenvalue weighted by Crippen LogP contribution is -2.45. The van der Waals surface area contributed by atoms with E-state index in [1.165, 1.54) is 6.42 Å². The van der Waals surface area contributed by atoms with Gasteiger partial charge in [-0.05, 0) is 94.0 Å². The van der Waals surface area contributed by atoms with Crippen molar-refractivity contribution < 1.29 is 14.6 Å². The Morgan fingerprint density at radius 1 is 0.976 bits per heavy atom. The van der Waals surface area contributed by atoms with Crippen molar-refractivity contribution in [1.29, 1.82) is 0 Å². The molecule has 0 spiro atoms. The van der Waals surface area contributed by atoms with Crippen molar-refractivity contribution in [2.75, 3.05) is 44.7 Å². The van der Waals surface area contributed by atoms with Crippen LogP contribution in [-0.2, 0) is 11.3 Å². The Morgan fingerprint density at radius 2 is 1.71 bits per heavy atom. The number of hydrogen-bond acceptors (Lipinski definition) is 8. The number of hydrogen-bond donors (Lipinski definition) is 1. The van der Waals surface area contributed by atoms with Crippen molar-refractivity contribution >= 4 is 35.1 Å². The molecule has 0 radical (unpaired) electrons. The van der Waals surface area contributed by atoms with Gasteiger partial charge >= 0.3 is 5.97 Å². The summed E-state index contributed by atoms with van der Waals surface area (Å²) in [6.45, 7) is 5.49. The maximum absolute atomic E-state index is 11.1. The molecule has 1 N–H and O–H groups in total. The molecule has 1 aromatic carbocycles. The number of rotatable bonds is 8. The molecule has 0 aliphatic carbocycles. The summed E-state index contributed by atoms with van der Waals surface area (Å²) < 4.78 is 6.21. The topological polar surface area (TPSA) is 94.9 Å². The number of halogens is 2. The molecule has 222 valence electrons. The lowest BCUT2D eigenvalue weighted by atomic mass is 9.93. The third-order valence-electron chi connectivity index (χ3n) is 8.83. The molecule has 0 bridgehead atoms. The number of pyridine rings is 1. The molecule has 3 aliphatic rings. The number of carboxylic acids is 1. The van der Waals surface area contributed by atoms with Gasteiger partial charge in [-0.3, -0.25) is 9.69 Å². The average molecular weight is 612 g/mol. The van der Waals surface area contributed by atoms with Gasteiger partial charge in [0.05, 0.1) is 18.1 Å². The normalized spacial score (nSPS) is 21.8. The van der Waals surface area contributed by atoms with Gasteiger partial charge in [-0.2, -0.15) is 0 Å². The van der Waals surface area contributed by atoms with E-state index in [0.29, 0.717) is 45.9 Å². The van der Waals surface area contributed by atoms with Crippen LogP contribution < -0.4 is 9.64 Å². The Labute approximate surface area is 256 Å². The monoisotopic (exact) mass is 610 g/mol. The van der Waals surface area contributed by atoms with E-state index in [1.54, 1.807) is 18.5 Å². The third-order valence-corrected chi connectivity index (χ3v) is 9.27. The molecule has 3 aromatic rings. The molecule has 42 heavy (non-hydrogen) atoms. The Hall–Kier alpha value is -2.98. The van der Waals surface area contributed by atoms with E-state index in [-0.39, 0.29) is 12.3 Å². The van der Waals surface area contributed by atoms with E-state index in [1.807, 2.05) is 24.3 Å². The van der Waals surface area contributed by atoms with Crippen molar-refractivity contribution in [1.82, 2.24) is 24.8 Å². The quantitative estimate of drug-likeness (QED) is 0.336. The van der Waals surface area contributed by atoms with Crippen molar-refractivity contribution in [3.8, 4) is 22.9 Å². The molecule has 2 atom stereocenters. The van der Waals surface area contributed by atoms with Crippen LogP contribution in [0.5, 0.6) is 11.6 Å². The molecular formula is C31H36Cl2N6O3. The molecule has 6 rings (SSSR count). The van der Waals surface area contributed by atoms with Gasteiger partial charge in [-0.15, -0.1) is 0 Å². The number of benzene rings is 1. The fourth-order valence-corrected chi connectivity index (χ4v) is 7.18. The Bertz CT molecular complexity index is 1400. The van der Waals surface area contributed by atoms with Crippen molar-refractivity contribution in [2.45, 2.75) is 44.7 Å². The van der Waals surface area contributed by atoms with Crippen LogP contribution >= 0.6 is 23.2 Å². The summed E-state index contributed by atoms with van der Waals surface area (Å²) >= 11 is 12.6. The van der Waals surface area contributed by atoms with E-state index in [0.717, 1.165) is 69.1 Å². The van der Waals surface area contributed by atoms with Gasteiger partial charge in [0, 0.05) is 53.8 Å². The van der Waals surface area contributed by atoms with Crippen LogP contribution in [0.15, 0.2) is 42.7 Å². The highest BCUT2D eigenvalue weighted by Gasteiger charge is 2.37. The highest BCUT2D eigenvalue weighted by molar-refractivity contribution is 6.35. The smallest absolute Gasteiger partial charge is 0.303 e. The van der Waals surface area contributed by atoms with E-state index in [9.17, 15) is 4.79 Å². The lowest BCUT2D eigenvalue weighted by Gasteiger charge is -2.36. The molecule has 3 aliphatic heterocycles. The predicted octanol–water partition coefficient (Wildman–Crippen LogP) is 5.85. The maximum atomic E-state index is 11.1. The molecule has 11 heteroatoms. The third kappa shape index (κ3) is 6.97. The number of likely N-dealkylation sites (tertiary alicyclic amines) is 2. The molecule has 3 fully saturated rings. The van der Waals surface area contributed by atoms with Crippen LogP contribution in [0.1, 0.15) is 37.7 Å². The van der Waals surface area contributed by atoms with Gasteiger partial charge in [0.15, 0.2) is 5.75 Å². The summed E-state index contributed by atoms with van der Waals surface area (Å²) in [5.74, 6) is 1.86. The summed E-state index contributed by atoms with van der Waals surface area (Å²) in [5.41, 5.74) is 2.53. The minimum atomic E-state index is -0.725. The zero-order valence-electron chi connectivity index (χ0n) is 23.8. The summed E-state index contributed by atoms with van der Waals surface area (Å²) in [4.78, 5) is 32.3. The average Bonchev–Trinajstić information content (AvgIpc) is 3.33. The van der Waals surface area contributed by atoms with E-state index >= 15 is 0 Å². The molecule has 2 unspecified atom stereocenters. The van der Waals surface area contributed by atoms with E-state index < -0.39 is 5.97 Å². The molecule has 9 nitrogen and oxygen atoms in total. The van der Waals surface area contributed by atoms with Crippen LogP contribution in [0, 0.1) is 11.8 Å². The Kier molecular flexibility index (Phi) is 8.81. The summed E-state index contributed by atoms with van der Waals surface area (Å²) in [5, 5.41) is 10.2. The highest BCUT2D eigenvalue weighted by Crippen LogP contribution is 2.33. The molecule has 3 saturated heterocycles. The second-order valence-corrected chi connectivity index (χ2v) is 12.7. The Morgan fingerprint density at radius 3 is 2.43 bits per heavy atom. The number of piperidine rings is 2. The molecule has 2 aromatic heterocycles. The largest absolute Gasteiger partial charge is 0.481 e. The first-order valence-electron chi connectivity index (χ1n) is 14.7. The number of anilines is 1. The first-order chi connectivity index (χ1) is 20.3. The number of aliphatic carboxylic acids is 1. The van der Waals surface area contributed by atoms with E-state index in [4.69, 9.17) is 38.0 Å². The minimum absolute atomic E-state index is 0.230. The number of carbonyl (C=O) groups is 1. The standard InChI is InChI=1S/C31H36Cl2N6O3/c1-37-6-4-22-19-39(9-5-28(22)37)31-34-16-26(17-35-31)42-29-11-21(18-38-7-2-20(3-8-38)12-30(40)41)10-27(36-29)23-13-24(32)15-25(33)14-23/h10-11,13-17,20,22,28H,2-9,12,18-19H2,1H3,(H,40,41). The fraction of sp³-hybridized carbons (Fsp3) is 0.484. The van der Waals surface area contributed by atoms with Crippen LogP contribution in [0.3, 0.4) is 0 Å². The van der Waals surface area contributed by atoms with E-state index in [2.05, 4.69) is 31.7 Å². The number of carboxylic acid groups (broad SMARTS) is 1. The van der Waals surface area contributed by atoms with Crippen molar-refractivity contribution in [2.24, 2.45) is 11.8 Å². The van der Waals surface area contributed by atoms with Crippen molar-refractivity contribution in [3.63, 3.8) is 0 Å². The Balaban J connectivity index is 1.19.